The van der Waals surface area contributed by atoms with E-state index in [1.54, 1.807) is 0 Å². The summed E-state index contributed by atoms with van der Waals surface area (Å²) in [5.41, 5.74) is 0. The van der Waals surface area contributed by atoms with E-state index in [1.807, 2.05) is 23.6 Å². The molecule has 112 valence electrons. The Hall–Kier alpha value is 0.0300. The summed E-state index contributed by atoms with van der Waals surface area (Å²) in [6.45, 7) is 6.63. The van der Waals surface area contributed by atoms with E-state index in [-0.39, 0.29) is 30.5 Å². The van der Waals surface area contributed by atoms with Crippen LogP contribution in [-0.2, 0) is 9.53 Å². The molecule has 4 nitrogen and oxygen atoms in total. The van der Waals surface area contributed by atoms with Gasteiger partial charge in [0.25, 0.3) is 0 Å². The second-order valence-corrected chi connectivity index (χ2v) is 6.33. The van der Waals surface area contributed by atoms with E-state index >= 15 is 0 Å². The van der Waals surface area contributed by atoms with E-state index in [1.165, 1.54) is 0 Å². The molecule has 1 N–H and O–H groups in total. The van der Waals surface area contributed by atoms with Gasteiger partial charge in [0.15, 0.2) is 0 Å². The van der Waals surface area contributed by atoms with Crippen LogP contribution in [-0.4, -0.2) is 60.2 Å². The molecule has 0 aromatic heterocycles. The number of nitrogens with one attached hydrogen (secondary N) is 1. The molecule has 6 heteroatoms. The number of nitrogens with zero attached hydrogens (tertiary/aromatic N) is 1. The van der Waals surface area contributed by atoms with Crippen molar-refractivity contribution in [3.63, 3.8) is 0 Å². The van der Waals surface area contributed by atoms with Crippen LogP contribution in [0.15, 0.2) is 0 Å². The Morgan fingerprint density at radius 3 is 2.95 bits per heavy atom. The minimum absolute atomic E-state index is 0. The van der Waals surface area contributed by atoms with Crippen LogP contribution in [0.2, 0.25) is 0 Å². The van der Waals surface area contributed by atoms with Crippen molar-refractivity contribution < 1.29 is 9.53 Å². The van der Waals surface area contributed by atoms with E-state index in [4.69, 9.17) is 4.74 Å². The Balaban J connectivity index is 0.00000180. The SMILES string of the molecule is CCC1COC(C)CN1C(=O)CC1CSCCN1.Cl. The summed E-state index contributed by atoms with van der Waals surface area (Å²) in [4.78, 5) is 14.4. The average Bonchev–Trinajstić information content (AvgIpc) is 2.40. The first-order valence-electron chi connectivity index (χ1n) is 6.93. The van der Waals surface area contributed by atoms with Gasteiger partial charge >= 0.3 is 0 Å². The van der Waals surface area contributed by atoms with Crippen molar-refractivity contribution in [2.45, 2.75) is 44.9 Å². The summed E-state index contributed by atoms with van der Waals surface area (Å²) in [6, 6.07) is 0.622. The second kappa shape index (κ2) is 8.35. The number of carbonyl (C=O) groups is 1. The molecule has 2 rings (SSSR count). The lowest BCUT2D eigenvalue weighted by Crippen LogP contribution is -2.53. The first-order chi connectivity index (χ1) is 8.70. The number of amides is 1. The third-order valence-electron chi connectivity index (χ3n) is 3.68. The Morgan fingerprint density at radius 1 is 1.53 bits per heavy atom. The van der Waals surface area contributed by atoms with E-state index in [0.29, 0.717) is 19.1 Å². The maximum atomic E-state index is 12.4. The van der Waals surface area contributed by atoms with Gasteiger partial charge in [0.05, 0.1) is 18.8 Å². The maximum absolute atomic E-state index is 12.4. The average molecular weight is 309 g/mol. The molecule has 2 aliphatic rings. The van der Waals surface area contributed by atoms with Crippen molar-refractivity contribution in [3.8, 4) is 0 Å². The molecule has 0 spiro atoms. The van der Waals surface area contributed by atoms with Gasteiger partial charge in [0.2, 0.25) is 5.91 Å². The molecule has 2 heterocycles. The highest BCUT2D eigenvalue weighted by atomic mass is 35.5. The zero-order valence-corrected chi connectivity index (χ0v) is 13.4. The van der Waals surface area contributed by atoms with Gasteiger partial charge in [0.1, 0.15) is 0 Å². The van der Waals surface area contributed by atoms with Crippen molar-refractivity contribution in [3.05, 3.63) is 0 Å². The van der Waals surface area contributed by atoms with Gasteiger partial charge in [-0.1, -0.05) is 6.92 Å². The van der Waals surface area contributed by atoms with Crippen LogP contribution in [0.25, 0.3) is 0 Å². The summed E-state index contributed by atoms with van der Waals surface area (Å²) >= 11 is 1.94. The van der Waals surface area contributed by atoms with Crippen molar-refractivity contribution in [2.24, 2.45) is 0 Å². The van der Waals surface area contributed by atoms with Crippen LogP contribution in [0.5, 0.6) is 0 Å². The summed E-state index contributed by atoms with van der Waals surface area (Å²) < 4.78 is 5.64. The fourth-order valence-electron chi connectivity index (χ4n) is 2.57. The van der Waals surface area contributed by atoms with Crippen LogP contribution in [0.1, 0.15) is 26.7 Å². The minimum atomic E-state index is 0. The van der Waals surface area contributed by atoms with Gasteiger partial charge in [0, 0.05) is 37.1 Å². The second-order valence-electron chi connectivity index (χ2n) is 5.18. The lowest BCUT2D eigenvalue weighted by Gasteiger charge is -2.39. The first kappa shape index (κ1) is 17.1. The molecule has 3 atom stereocenters. The van der Waals surface area contributed by atoms with Crippen LogP contribution in [0.4, 0.5) is 0 Å². The monoisotopic (exact) mass is 308 g/mol. The summed E-state index contributed by atoms with van der Waals surface area (Å²) in [6.07, 6.45) is 1.78. The largest absolute Gasteiger partial charge is 0.375 e. The standard InChI is InChI=1S/C13H24N2O2S.ClH/c1-3-12-8-17-10(2)7-15(12)13(16)6-11-9-18-5-4-14-11;/h10-12,14H,3-9H2,1-2H3;1H. The van der Waals surface area contributed by atoms with Gasteiger partial charge in [-0.25, -0.2) is 0 Å². The number of carbonyl (C=O) groups excluding carboxylic acids is 1. The molecule has 0 radical (unpaired) electrons. The normalized spacial score (nSPS) is 31.7. The van der Waals surface area contributed by atoms with Crippen molar-refractivity contribution >= 4 is 30.1 Å². The summed E-state index contributed by atoms with van der Waals surface area (Å²) in [5.74, 6) is 2.51. The Bertz CT molecular complexity index is 288. The highest BCUT2D eigenvalue weighted by molar-refractivity contribution is 7.99. The number of halogens is 1. The number of hydrogen-bond donors (Lipinski definition) is 1. The molecule has 2 fully saturated rings. The minimum Gasteiger partial charge on any atom is -0.375 e. The summed E-state index contributed by atoms with van der Waals surface area (Å²) in [7, 11) is 0. The molecular weight excluding hydrogens is 284 g/mol. The zero-order valence-electron chi connectivity index (χ0n) is 11.8. The van der Waals surface area contributed by atoms with Crippen LogP contribution in [0, 0.1) is 0 Å². The van der Waals surface area contributed by atoms with Gasteiger partial charge < -0.3 is 15.0 Å². The van der Waals surface area contributed by atoms with Crippen LogP contribution < -0.4 is 5.32 Å². The third-order valence-corrected chi connectivity index (χ3v) is 4.81. The lowest BCUT2D eigenvalue weighted by molar-refractivity contribution is -0.144. The molecule has 2 aliphatic heterocycles. The first-order valence-corrected chi connectivity index (χ1v) is 8.08. The Labute approximate surface area is 126 Å². The Kier molecular flexibility index (Phi) is 7.50. The van der Waals surface area contributed by atoms with E-state index in [2.05, 4.69) is 12.2 Å². The molecular formula is C13H25ClN2O2S. The quantitative estimate of drug-likeness (QED) is 0.858. The van der Waals surface area contributed by atoms with Gasteiger partial charge in [-0.2, -0.15) is 11.8 Å². The number of ether oxygens (including phenoxy) is 1. The molecule has 0 aliphatic carbocycles. The maximum Gasteiger partial charge on any atom is 0.224 e. The molecule has 1 amide bonds. The number of thioether (sulfide) groups is 1. The molecule has 0 aromatic rings. The predicted octanol–water partition coefficient (Wildman–Crippen LogP) is 1.53. The molecule has 19 heavy (non-hydrogen) atoms. The zero-order chi connectivity index (χ0) is 13.0. The van der Waals surface area contributed by atoms with E-state index < -0.39 is 0 Å². The molecule has 3 unspecified atom stereocenters. The molecule has 2 saturated heterocycles. The smallest absolute Gasteiger partial charge is 0.224 e. The van der Waals surface area contributed by atoms with Crippen molar-refractivity contribution in [1.29, 1.82) is 0 Å². The Morgan fingerprint density at radius 2 is 2.32 bits per heavy atom. The van der Waals surface area contributed by atoms with Gasteiger partial charge in [-0.15, -0.1) is 12.4 Å². The third kappa shape index (κ3) is 4.81. The topological polar surface area (TPSA) is 41.6 Å². The highest BCUT2D eigenvalue weighted by Crippen LogP contribution is 2.18. The van der Waals surface area contributed by atoms with E-state index in [0.717, 1.165) is 31.0 Å². The van der Waals surface area contributed by atoms with Gasteiger partial charge in [-0.05, 0) is 13.3 Å². The number of hydrogen-bond acceptors (Lipinski definition) is 4. The number of rotatable bonds is 3. The van der Waals surface area contributed by atoms with Crippen molar-refractivity contribution in [1.82, 2.24) is 10.2 Å². The fraction of sp³-hybridized carbons (Fsp3) is 0.923. The number of morpholine rings is 1. The molecule has 0 aromatic carbocycles. The predicted molar refractivity (Wildman–Crippen MR) is 82.2 cm³/mol. The van der Waals surface area contributed by atoms with Gasteiger partial charge in [-0.3, -0.25) is 4.79 Å². The lowest BCUT2D eigenvalue weighted by atomic mass is 10.1. The van der Waals surface area contributed by atoms with Crippen LogP contribution >= 0.6 is 24.2 Å². The fourth-order valence-corrected chi connectivity index (χ4v) is 3.52. The van der Waals surface area contributed by atoms with Crippen molar-refractivity contribution in [2.75, 3.05) is 31.2 Å². The highest BCUT2D eigenvalue weighted by Gasteiger charge is 2.30. The molecule has 0 bridgehead atoms. The van der Waals surface area contributed by atoms with E-state index in [9.17, 15) is 4.79 Å². The molecule has 0 saturated carbocycles. The van der Waals surface area contributed by atoms with Crippen LogP contribution in [0.3, 0.4) is 0 Å². The summed E-state index contributed by atoms with van der Waals surface area (Å²) in [5, 5.41) is 3.43.